The van der Waals surface area contributed by atoms with Crippen LogP contribution in [0.2, 0.25) is 0 Å². The first-order valence-electron chi connectivity index (χ1n) is 4.98. The van der Waals surface area contributed by atoms with Crippen LogP contribution in [0.4, 0.5) is 5.69 Å². The Morgan fingerprint density at radius 2 is 2.00 bits per heavy atom. The number of nitro groups is 1. The third-order valence-corrected chi connectivity index (χ3v) is 2.62. The molecule has 0 bridgehead atoms. The van der Waals surface area contributed by atoms with Crippen molar-refractivity contribution in [3.8, 4) is 11.6 Å². The van der Waals surface area contributed by atoms with Crippen molar-refractivity contribution in [2.75, 3.05) is 6.26 Å². The van der Waals surface area contributed by atoms with Crippen LogP contribution in [-0.2, 0) is 0 Å². The van der Waals surface area contributed by atoms with E-state index in [9.17, 15) is 10.1 Å². The van der Waals surface area contributed by atoms with Crippen molar-refractivity contribution in [2.24, 2.45) is 0 Å². The van der Waals surface area contributed by atoms with Gasteiger partial charge in [-0.25, -0.2) is 4.98 Å². The number of nitrogens with zero attached hydrogens (tertiary/aromatic N) is 3. The first kappa shape index (κ1) is 12.3. The summed E-state index contributed by atoms with van der Waals surface area (Å²) < 4.78 is 5.47. The molecule has 0 N–H and O–H groups in total. The van der Waals surface area contributed by atoms with Gasteiger partial charge in [0.25, 0.3) is 5.69 Å². The molecular weight excluding hydrogens is 254 g/mol. The second kappa shape index (κ2) is 5.46. The molecule has 0 spiro atoms. The highest BCUT2D eigenvalue weighted by molar-refractivity contribution is 7.98. The topological polar surface area (TPSA) is 78.2 Å². The Labute approximate surface area is 107 Å². The molecule has 1 aromatic carbocycles. The highest BCUT2D eigenvalue weighted by atomic mass is 32.2. The zero-order valence-corrected chi connectivity index (χ0v) is 10.3. The standard InChI is InChI=1S/C11H9N3O3S/c1-18-11-12-7-6-10(13-11)17-9-4-2-8(3-5-9)14(15)16/h2-7H,1H3. The van der Waals surface area contributed by atoms with Gasteiger partial charge in [0, 0.05) is 24.4 Å². The maximum atomic E-state index is 10.5. The largest absolute Gasteiger partial charge is 0.439 e. The molecule has 92 valence electrons. The molecule has 0 fully saturated rings. The van der Waals surface area contributed by atoms with E-state index in [1.807, 2.05) is 6.26 Å². The number of hydrogen-bond acceptors (Lipinski definition) is 6. The minimum Gasteiger partial charge on any atom is -0.439 e. The van der Waals surface area contributed by atoms with E-state index < -0.39 is 4.92 Å². The number of ether oxygens (including phenoxy) is 1. The van der Waals surface area contributed by atoms with Crippen LogP contribution in [0.5, 0.6) is 11.6 Å². The number of thioether (sulfide) groups is 1. The zero-order valence-electron chi connectivity index (χ0n) is 9.44. The van der Waals surface area contributed by atoms with E-state index >= 15 is 0 Å². The first-order valence-corrected chi connectivity index (χ1v) is 6.21. The smallest absolute Gasteiger partial charge is 0.269 e. The Balaban J connectivity index is 2.15. The summed E-state index contributed by atoms with van der Waals surface area (Å²) in [6.45, 7) is 0. The molecule has 18 heavy (non-hydrogen) atoms. The summed E-state index contributed by atoms with van der Waals surface area (Å²) in [5, 5.41) is 11.1. The first-order chi connectivity index (χ1) is 8.69. The molecule has 0 unspecified atom stereocenters. The van der Waals surface area contributed by atoms with Gasteiger partial charge in [-0.05, 0) is 18.4 Å². The number of aromatic nitrogens is 2. The SMILES string of the molecule is CSc1nccc(Oc2ccc([N+](=O)[O-])cc2)n1. The van der Waals surface area contributed by atoms with Crippen molar-refractivity contribution in [1.82, 2.24) is 9.97 Å². The normalized spacial score (nSPS) is 10.1. The molecule has 2 aromatic rings. The second-order valence-electron chi connectivity index (χ2n) is 3.23. The lowest BCUT2D eigenvalue weighted by Crippen LogP contribution is -1.92. The van der Waals surface area contributed by atoms with E-state index in [1.165, 1.54) is 36.0 Å². The van der Waals surface area contributed by atoms with Crippen molar-refractivity contribution in [3.05, 3.63) is 46.6 Å². The summed E-state index contributed by atoms with van der Waals surface area (Å²) in [7, 11) is 0. The molecular formula is C11H9N3O3S. The van der Waals surface area contributed by atoms with Crippen LogP contribution in [0.1, 0.15) is 0 Å². The summed E-state index contributed by atoms with van der Waals surface area (Å²) in [6, 6.07) is 7.44. The lowest BCUT2D eigenvalue weighted by molar-refractivity contribution is -0.384. The molecule has 1 aromatic heterocycles. The Morgan fingerprint density at radius 3 is 2.61 bits per heavy atom. The molecule has 0 saturated heterocycles. The number of hydrogen-bond donors (Lipinski definition) is 0. The van der Waals surface area contributed by atoms with Gasteiger partial charge < -0.3 is 4.74 Å². The van der Waals surface area contributed by atoms with Gasteiger partial charge in [0.1, 0.15) is 5.75 Å². The minimum absolute atomic E-state index is 0.0230. The van der Waals surface area contributed by atoms with E-state index in [-0.39, 0.29) is 5.69 Å². The lowest BCUT2D eigenvalue weighted by Gasteiger charge is -2.04. The van der Waals surface area contributed by atoms with E-state index in [2.05, 4.69) is 9.97 Å². The summed E-state index contributed by atoms with van der Waals surface area (Å²) in [4.78, 5) is 18.2. The van der Waals surface area contributed by atoms with Gasteiger partial charge in [-0.2, -0.15) is 4.98 Å². The van der Waals surface area contributed by atoms with E-state index in [1.54, 1.807) is 12.3 Å². The molecule has 0 aliphatic heterocycles. The van der Waals surface area contributed by atoms with Gasteiger partial charge in [0.15, 0.2) is 5.16 Å². The summed E-state index contributed by atoms with van der Waals surface area (Å²) >= 11 is 1.41. The molecule has 2 rings (SSSR count). The number of benzene rings is 1. The van der Waals surface area contributed by atoms with Crippen LogP contribution in [0, 0.1) is 10.1 Å². The van der Waals surface area contributed by atoms with Crippen molar-refractivity contribution in [3.63, 3.8) is 0 Å². The van der Waals surface area contributed by atoms with Gasteiger partial charge in [-0.3, -0.25) is 10.1 Å². The van der Waals surface area contributed by atoms with Crippen LogP contribution >= 0.6 is 11.8 Å². The Kier molecular flexibility index (Phi) is 3.73. The number of non-ortho nitro benzene ring substituents is 1. The zero-order chi connectivity index (χ0) is 13.0. The van der Waals surface area contributed by atoms with Crippen LogP contribution in [-0.4, -0.2) is 21.1 Å². The van der Waals surface area contributed by atoms with Crippen LogP contribution in [0.25, 0.3) is 0 Å². The Bertz CT molecular complexity index is 560. The van der Waals surface area contributed by atoms with Gasteiger partial charge in [-0.1, -0.05) is 11.8 Å². The van der Waals surface area contributed by atoms with Crippen molar-refractivity contribution < 1.29 is 9.66 Å². The average Bonchev–Trinajstić information content (AvgIpc) is 2.39. The Morgan fingerprint density at radius 1 is 1.28 bits per heavy atom. The van der Waals surface area contributed by atoms with Crippen LogP contribution < -0.4 is 4.74 Å². The lowest BCUT2D eigenvalue weighted by atomic mass is 10.3. The predicted octanol–water partition coefficient (Wildman–Crippen LogP) is 2.90. The predicted molar refractivity (Wildman–Crippen MR) is 67.0 cm³/mol. The molecule has 0 radical (unpaired) electrons. The van der Waals surface area contributed by atoms with Gasteiger partial charge >= 0.3 is 0 Å². The van der Waals surface area contributed by atoms with Gasteiger partial charge in [0.2, 0.25) is 5.88 Å². The summed E-state index contributed by atoms with van der Waals surface area (Å²) in [5.41, 5.74) is 0.0230. The second-order valence-corrected chi connectivity index (χ2v) is 4.01. The molecule has 0 atom stereocenters. The Hall–Kier alpha value is -2.15. The third kappa shape index (κ3) is 2.95. The fourth-order valence-corrected chi connectivity index (χ4v) is 1.58. The van der Waals surface area contributed by atoms with Gasteiger partial charge in [-0.15, -0.1) is 0 Å². The molecule has 0 aliphatic carbocycles. The molecule has 0 saturated carbocycles. The summed E-state index contributed by atoms with van der Waals surface area (Å²) in [5.74, 6) is 0.898. The molecule has 0 amide bonds. The van der Waals surface area contributed by atoms with Gasteiger partial charge in [0.05, 0.1) is 4.92 Å². The maximum Gasteiger partial charge on any atom is 0.269 e. The van der Waals surface area contributed by atoms with E-state index in [4.69, 9.17) is 4.74 Å². The van der Waals surface area contributed by atoms with E-state index in [0.717, 1.165) is 0 Å². The number of nitro benzene ring substituents is 1. The molecule has 0 aliphatic rings. The van der Waals surface area contributed by atoms with Crippen molar-refractivity contribution in [2.45, 2.75) is 5.16 Å². The monoisotopic (exact) mass is 263 g/mol. The van der Waals surface area contributed by atoms with Crippen LogP contribution in [0.15, 0.2) is 41.7 Å². The van der Waals surface area contributed by atoms with Crippen molar-refractivity contribution >= 4 is 17.4 Å². The molecule has 7 heteroatoms. The fourth-order valence-electron chi connectivity index (χ4n) is 1.24. The highest BCUT2D eigenvalue weighted by Gasteiger charge is 2.06. The summed E-state index contributed by atoms with van der Waals surface area (Å²) in [6.07, 6.45) is 3.46. The molecule has 6 nitrogen and oxygen atoms in total. The van der Waals surface area contributed by atoms with Crippen LogP contribution in [0.3, 0.4) is 0 Å². The maximum absolute atomic E-state index is 10.5. The number of rotatable bonds is 4. The fraction of sp³-hybridized carbons (Fsp3) is 0.0909. The quantitative estimate of drug-likeness (QED) is 0.365. The third-order valence-electron chi connectivity index (χ3n) is 2.06. The van der Waals surface area contributed by atoms with E-state index in [0.29, 0.717) is 16.8 Å². The average molecular weight is 263 g/mol. The highest BCUT2D eigenvalue weighted by Crippen LogP contribution is 2.23. The molecule has 1 heterocycles. The van der Waals surface area contributed by atoms with Crippen molar-refractivity contribution in [1.29, 1.82) is 0 Å². The minimum atomic E-state index is -0.458.